The molecule has 1 aliphatic carbocycles. The zero-order valence-electron chi connectivity index (χ0n) is 15.7. The Morgan fingerprint density at radius 2 is 1.83 bits per heavy atom. The second-order valence-corrected chi connectivity index (χ2v) is 8.44. The van der Waals surface area contributed by atoms with Gasteiger partial charge in [0, 0.05) is 9.37 Å². The van der Waals surface area contributed by atoms with Crippen LogP contribution >= 0.6 is 27.7 Å². The first-order chi connectivity index (χ1) is 14.0. The van der Waals surface area contributed by atoms with E-state index in [1.165, 1.54) is 29.3 Å². The Bertz CT molecular complexity index is 919. The molecule has 0 saturated heterocycles. The van der Waals surface area contributed by atoms with Crippen LogP contribution in [-0.4, -0.2) is 36.7 Å². The summed E-state index contributed by atoms with van der Waals surface area (Å²) >= 11 is 4.72. The summed E-state index contributed by atoms with van der Waals surface area (Å²) in [6.07, 6.45) is 3.39. The van der Waals surface area contributed by atoms with Gasteiger partial charge in [-0.1, -0.05) is 18.2 Å². The monoisotopic (exact) mass is 476 g/mol. The molecule has 8 heteroatoms. The van der Waals surface area contributed by atoms with Crippen LogP contribution in [0.2, 0.25) is 0 Å². The minimum atomic E-state index is -0.525. The summed E-state index contributed by atoms with van der Waals surface area (Å²) in [5, 5.41) is 5.10. The molecule has 0 radical (unpaired) electrons. The molecule has 0 unspecified atom stereocenters. The van der Waals surface area contributed by atoms with Gasteiger partial charge in [-0.3, -0.25) is 14.4 Å². The van der Waals surface area contributed by atoms with Crippen LogP contribution in [0.3, 0.4) is 0 Å². The molecule has 0 fully saturated rings. The molecule has 0 aromatic heterocycles. The number of halogens is 1. The lowest BCUT2D eigenvalue weighted by Crippen LogP contribution is -2.35. The third-order valence-electron chi connectivity index (χ3n) is 4.38. The van der Waals surface area contributed by atoms with Crippen molar-refractivity contribution in [2.24, 2.45) is 0 Å². The predicted octanol–water partition coefficient (Wildman–Crippen LogP) is 3.33. The molecule has 0 bridgehead atoms. The number of carbonyl (C=O) groups excluding carboxylic acids is 3. The van der Waals surface area contributed by atoms with E-state index in [4.69, 9.17) is 4.74 Å². The summed E-state index contributed by atoms with van der Waals surface area (Å²) in [5.74, 6) is -1.23. The Morgan fingerprint density at radius 1 is 1.03 bits per heavy atom. The molecule has 0 heterocycles. The molecule has 0 spiro atoms. The van der Waals surface area contributed by atoms with Crippen molar-refractivity contribution in [1.29, 1.82) is 0 Å². The molecule has 29 heavy (non-hydrogen) atoms. The van der Waals surface area contributed by atoms with E-state index in [0.717, 1.165) is 22.2 Å². The lowest BCUT2D eigenvalue weighted by Gasteiger charge is -2.09. The third-order valence-corrected chi connectivity index (χ3v) is 6.04. The van der Waals surface area contributed by atoms with Gasteiger partial charge < -0.3 is 15.4 Å². The van der Waals surface area contributed by atoms with Crippen molar-refractivity contribution >= 4 is 51.2 Å². The summed E-state index contributed by atoms with van der Waals surface area (Å²) in [7, 11) is 0. The molecule has 0 aliphatic heterocycles. The summed E-state index contributed by atoms with van der Waals surface area (Å²) in [6.45, 7) is -0.618. The molecule has 3 rings (SSSR count). The van der Waals surface area contributed by atoms with E-state index >= 15 is 0 Å². The molecule has 1 aliphatic rings. The number of hydrogen-bond donors (Lipinski definition) is 2. The van der Waals surface area contributed by atoms with Crippen molar-refractivity contribution < 1.29 is 19.1 Å². The molecule has 2 aromatic carbocycles. The number of rotatable bonds is 8. The van der Waals surface area contributed by atoms with Crippen LogP contribution in [0.4, 0.5) is 5.69 Å². The van der Waals surface area contributed by atoms with Crippen LogP contribution < -0.4 is 10.6 Å². The molecule has 2 aromatic rings. The van der Waals surface area contributed by atoms with Gasteiger partial charge in [-0.05, 0) is 70.6 Å². The van der Waals surface area contributed by atoms with Gasteiger partial charge in [0.1, 0.15) is 0 Å². The predicted molar refractivity (Wildman–Crippen MR) is 116 cm³/mol. The highest BCUT2D eigenvalue weighted by Gasteiger charge is 2.13. The van der Waals surface area contributed by atoms with Crippen molar-refractivity contribution in [3.8, 4) is 0 Å². The van der Waals surface area contributed by atoms with Gasteiger partial charge in [0.2, 0.25) is 5.91 Å². The Labute approximate surface area is 181 Å². The van der Waals surface area contributed by atoms with Gasteiger partial charge in [0.15, 0.2) is 6.61 Å². The molecule has 0 atom stereocenters. The zero-order valence-corrected chi connectivity index (χ0v) is 18.1. The first-order valence-electron chi connectivity index (χ1n) is 9.22. The van der Waals surface area contributed by atoms with E-state index in [1.807, 2.05) is 12.1 Å². The number of benzene rings is 2. The molecule has 2 amide bonds. The van der Waals surface area contributed by atoms with Gasteiger partial charge in [0.25, 0.3) is 5.91 Å². The second kappa shape index (κ2) is 10.5. The number of fused-ring (bicyclic) bond motifs is 1. The summed E-state index contributed by atoms with van der Waals surface area (Å²) in [6, 6.07) is 13.4. The lowest BCUT2D eigenvalue weighted by molar-refractivity contribution is -0.146. The Balaban J connectivity index is 1.33. The minimum absolute atomic E-state index is 0.134. The van der Waals surface area contributed by atoms with Crippen LogP contribution in [0.5, 0.6) is 0 Å². The van der Waals surface area contributed by atoms with E-state index < -0.39 is 18.5 Å². The molecule has 2 N–H and O–H groups in total. The lowest BCUT2D eigenvalue weighted by atomic mass is 10.1. The van der Waals surface area contributed by atoms with E-state index in [2.05, 4.69) is 38.7 Å². The summed E-state index contributed by atoms with van der Waals surface area (Å²) in [4.78, 5) is 36.6. The van der Waals surface area contributed by atoms with Crippen LogP contribution in [-0.2, 0) is 32.0 Å². The topological polar surface area (TPSA) is 84.5 Å². The Morgan fingerprint density at radius 3 is 2.66 bits per heavy atom. The van der Waals surface area contributed by atoms with E-state index in [1.54, 1.807) is 18.2 Å². The number of hydrogen-bond acceptors (Lipinski definition) is 5. The fourth-order valence-corrected chi connectivity index (χ4v) is 4.10. The summed E-state index contributed by atoms with van der Waals surface area (Å²) in [5.41, 5.74) is 3.35. The second-order valence-electron chi connectivity index (χ2n) is 6.54. The maximum absolute atomic E-state index is 11.9. The number of anilines is 1. The number of amides is 2. The zero-order chi connectivity index (χ0) is 20.6. The maximum Gasteiger partial charge on any atom is 0.316 e. The van der Waals surface area contributed by atoms with Gasteiger partial charge in [-0.2, -0.15) is 0 Å². The van der Waals surface area contributed by atoms with Gasteiger partial charge in [-0.25, -0.2) is 0 Å². The fraction of sp³-hybridized carbons (Fsp3) is 0.286. The minimum Gasteiger partial charge on any atom is -0.455 e. The number of thioether (sulfide) groups is 1. The van der Waals surface area contributed by atoms with Gasteiger partial charge >= 0.3 is 5.97 Å². The van der Waals surface area contributed by atoms with Crippen molar-refractivity contribution in [1.82, 2.24) is 5.32 Å². The average molecular weight is 477 g/mol. The molecule has 152 valence electrons. The van der Waals surface area contributed by atoms with E-state index in [9.17, 15) is 14.4 Å². The number of para-hydroxylation sites is 1. The van der Waals surface area contributed by atoms with Gasteiger partial charge in [0.05, 0.1) is 18.0 Å². The standard InChI is InChI=1S/C21H21BrN2O4S/c22-17-6-1-2-7-18(17)24-19(25)11-23-20(26)12-28-21(27)13-29-16-9-8-14-4-3-5-15(14)10-16/h1-2,6-10H,3-5,11-13H2,(H,23,26)(H,24,25). The third kappa shape index (κ3) is 6.61. The Hall–Kier alpha value is -2.32. The van der Waals surface area contributed by atoms with Crippen molar-refractivity contribution in [3.63, 3.8) is 0 Å². The van der Waals surface area contributed by atoms with Crippen molar-refractivity contribution in [2.45, 2.75) is 24.2 Å². The summed E-state index contributed by atoms with van der Waals surface area (Å²) < 4.78 is 5.72. The number of carbonyl (C=O) groups is 3. The quantitative estimate of drug-likeness (QED) is 0.450. The normalized spacial score (nSPS) is 12.2. The van der Waals surface area contributed by atoms with Crippen molar-refractivity contribution in [3.05, 3.63) is 58.1 Å². The first-order valence-corrected chi connectivity index (χ1v) is 11.0. The largest absolute Gasteiger partial charge is 0.455 e. The Kier molecular flexibility index (Phi) is 7.71. The molecular formula is C21H21BrN2O4S. The van der Waals surface area contributed by atoms with Crippen LogP contribution in [0, 0.1) is 0 Å². The van der Waals surface area contributed by atoms with Crippen LogP contribution in [0.25, 0.3) is 0 Å². The SMILES string of the molecule is O=C(COC(=O)CSc1ccc2c(c1)CCC2)NCC(=O)Nc1ccccc1Br. The number of ether oxygens (including phenoxy) is 1. The molecule has 0 saturated carbocycles. The number of nitrogens with one attached hydrogen (secondary N) is 2. The van der Waals surface area contributed by atoms with Crippen LogP contribution in [0.15, 0.2) is 51.8 Å². The highest BCUT2D eigenvalue weighted by atomic mass is 79.9. The van der Waals surface area contributed by atoms with E-state index in [0.29, 0.717) is 5.69 Å². The maximum atomic E-state index is 11.9. The molecule has 6 nitrogen and oxygen atoms in total. The number of aryl methyl sites for hydroxylation is 2. The molecular weight excluding hydrogens is 456 g/mol. The number of esters is 1. The average Bonchev–Trinajstić information content (AvgIpc) is 3.18. The van der Waals surface area contributed by atoms with Crippen LogP contribution in [0.1, 0.15) is 17.5 Å². The first kappa shape index (κ1) is 21.4. The van der Waals surface area contributed by atoms with Gasteiger partial charge in [-0.15, -0.1) is 11.8 Å². The van der Waals surface area contributed by atoms with E-state index in [-0.39, 0.29) is 18.2 Å². The highest BCUT2D eigenvalue weighted by Crippen LogP contribution is 2.27. The highest BCUT2D eigenvalue weighted by molar-refractivity contribution is 9.10. The van der Waals surface area contributed by atoms with Crippen molar-refractivity contribution in [2.75, 3.05) is 24.2 Å². The fourth-order valence-electron chi connectivity index (χ4n) is 2.95. The smallest absolute Gasteiger partial charge is 0.316 e.